The molecule has 0 aliphatic heterocycles. The van der Waals surface area contributed by atoms with Crippen LogP contribution < -0.4 is 5.32 Å². The molecule has 162 valence electrons. The summed E-state index contributed by atoms with van der Waals surface area (Å²) in [5.41, 5.74) is 1.93. The van der Waals surface area contributed by atoms with Crippen LogP contribution in [0.1, 0.15) is 51.2 Å². The van der Waals surface area contributed by atoms with E-state index in [-0.39, 0.29) is 17.9 Å². The molecule has 30 heavy (non-hydrogen) atoms. The van der Waals surface area contributed by atoms with E-state index in [2.05, 4.69) is 5.32 Å². The fourth-order valence-electron chi connectivity index (χ4n) is 3.23. The van der Waals surface area contributed by atoms with Crippen molar-refractivity contribution in [2.45, 2.75) is 65.1 Å². The average molecular weight is 449 g/mol. The van der Waals surface area contributed by atoms with Crippen LogP contribution in [0.3, 0.4) is 0 Å². The lowest BCUT2D eigenvalue weighted by Gasteiger charge is -2.31. The van der Waals surface area contributed by atoms with Crippen LogP contribution in [0.5, 0.6) is 0 Å². The summed E-state index contributed by atoms with van der Waals surface area (Å²) >= 11 is 12.2. The fraction of sp³-hybridized carbons (Fsp3) is 0.417. The summed E-state index contributed by atoms with van der Waals surface area (Å²) in [6.45, 7) is 6.21. The number of hydrogen-bond acceptors (Lipinski definition) is 2. The maximum absolute atomic E-state index is 13.2. The molecular weight excluding hydrogens is 419 g/mol. The Labute approximate surface area is 189 Å². The first-order valence-electron chi connectivity index (χ1n) is 10.4. The number of hydrogen-bond donors (Lipinski definition) is 1. The first-order chi connectivity index (χ1) is 14.3. The highest BCUT2D eigenvalue weighted by atomic mass is 35.5. The number of carbonyl (C=O) groups excluding carboxylic acids is 2. The molecule has 2 atom stereocenters. The van der Waals surface area contributed by atoms with E-state index in [1.807, 2.05) is 57.2 Å². The number of rotatable bonds is 10. The van der Waals surface area contributed by atoms with Crippen molar-refractivity contribution >= 4 is 35.0 Å². The van der Waals surface area contributed by atoms with Crippen molar-refractivity contribution in [3.63, 3.8) is 0 Å². The van der Waals surface area contributed by atoms with Crippen LogP contribution in [-0.2, 0) is 22.6 Å². The van der Waals surface area contributed by atoms with Crippen molar-refractivity contribution in [2.75, 3.05) is 0 Å². The number of amides is 2. The van der Waals surface area contributed by atoms with Crippen LogP contribution in [0.15, 0.2) is 48.5 Å². The lowest BCUT2D eigenvalue weighted by Crippen LogP contribution is -2.50. The molecule has 1 N–H and O–H groups in total. The molecule has 2 amide bonds. The van der Waals surface area contributed by atoms with E-state index in [1.165, 1.54) is 0 Å². The maximum Gasteiger partial charge on any atom is 0.243 e. The van der Waals surface area contributed by atoms with Gasteiger partial charge in [0.25, 0.3) is 0 Å². The van der Waals surface area contributed by atoms with Gasteiger partial charge in [-0.3, -0.25) is 9.59 Å². The monoisotopic (exact) mass is 448 g/mol. The van der Waals surface area contributed by atoms with Gasteiger partial charge in [0.1, 0.15) is 6.04 Å². The molecule has 6 heteroatoms. The number of nitrogens with one attached hydrogen (secondary N) is 1. The summed E-state index contributed by atoms with van der Waals surface area (Å²) in [6.07, 6.45) is 2.32. The Balaban J connectivity index is 2.23. The standard InChI is InChI=1S/C24H30Cl2N2O2/c1-4-17(3)27-24(30)22(5-2)28(16-19-11-13-20(25)21(26)15-19)23(29)14-12-18-9-7-6-8-10-18/h6-11,13,15,17,22H,4-5,12,14,16H2,1-3H3,(H,27,30)/t17-,22+/m0/s1. The lowest BCUT2D eigenvalue weighted by molar-refractivity contribution is -0.141. The molecule has 0 spiro atoms. The number of halogens is 2. The summed E-state index contributed by atoms with van der Waals surface area (Å²) in [6, 6.07) is 14.7. The molecule has 0 unspecified atom stereocenters. The largest absolute Gasteiger partial charge is 0.352 e. The summed E-state index contributed by atoms with van der Waals surface area (Å²) in [7, 11) is 0. The molecule has 2 aromatic carbocycles. The first kappa shape index (κ1) is 24.2. The van der Waals surface area contributed by atoms with Gasteiger partial charge < -0.3 is 10.2 Å². The van der Waals surface area contributed by atoms with Crippen molar-refractivity contribution in [1.82, 2.24) is 10.2 Å². The molecule has 0 bridgehead atoms. The summed E-state index contributed by atoms with van der Waals surface area (Å²) < 4.78 is 0. The smallest absolute Gasteiger partial charge is 0.243 e. The highest BCUT2D eigenvalue weighted by Crippen LogP contribution is 2.24. The molecule has 0 radical (unpaired) electrons. The van der Waals surface area contributed by atoms with Crippen molar-refractivity contribution < 1.29 is 9.59 Å². The Kier molecular flexibility index (Phi) is 9.67. The Hall–Kier alpha value is -2.04. The molecule has 0 heterocycles. The zero-order valence-corrected chi connectivity index (χ0v) is 19.3. The van der Waals surface area contributed by atoms with Gasteiger partial charge in [-0.05, 0) is 49.4 Å². The van der Waals surface area contributed by atoms with E-state index in [4.69, 9.17) is 23.2 Å². The second-order valence-electron chi connectivity index (χ2n) is 7.50. The van der Waals surface area contributed by atoms with Crippen molar-refractivity contribution in [3.8, 4) is 0 Å². The second kappa shape index (κ2) is 12.0. The Bertz CT molecular complexity index is 842. The molecule has 0 aliphatic rings. The summed E-state index contributed by atoms with van der Waals surface area (Å²) in [5, 5.41) is 3.91. The molecule has 0 fully saturated rings. The van der Waals surface area contributed by atoms with Gasteiger partial charge in [-0.25, -0.2) is 0 Å². The molecule has 0 aliphatic carbocycles. The number of nitrogens with zero attached hydrogens (tertiary/aromatic N) is 1. The summed E-state index contributed by atoms with van der Waals surface area (Å²) in [5.74, 6) is -0.184. The van der Waals surface area contributed by atoms with Gasteiger partial charge in [0.05, 0.1) is 10.0 Å². The molecule has 0 aromatic heterocycles. The van der Waals surface area contributed by atoms with Gasteiger partial charge in [-0.1, -0.05) is 73.4 Å². The second-order valence-corrected chi connectivity index (χ2v) is 8.31. The highest BCUT2D eigenvalue weighted by Gasteiger charge is 2.29. The van der Waals surface area contributed by atoms with Gasteiger partial charge in [0.15, 0.2) is 0 Å². The first-order valence-corrected chi connectivity index (χ1v) is 11.2. The zero-order valence-electron chi connectivity index (χ0n) is 17.8. The van der Waals surface area contributed by atoms with E-state index < -0.39 is 6.04 Å². The van der Waals surface area contributed by atoms with Gasteiger partial charge >= 0.3 is 0 Å². The zero-order chi connectivity index (χ0) is 22.1. The third kappa shape index (κ3) is 7.03. The molecular formula is C24H30Cl2N2O2. The van der Waals surface area contributed by atoms with E-state index in [1.54, 1.807) is 17.0 Å². The third-order valence-electron chi connectivity index (χ3n) is 5.19. The Morgan fingerprint density at radius 1 is 0.967 bits per heavy atom. The summed E-state index contributed by atoms with van der Waals surface area (Å²) in [4.78, 5) is 27.8. The minimum Gasteiger partial charge on any atom is -0.352 e. The number of aryl methyl sites for hydroxylation is 1. The minimum absolute atomic E-state index is 0.0535. The van der Waals surface area contributed by atoms with E-state index in [0.29, 0.717) is 35.9 Å². The maximum atomic E-state index is 13.2. The van der Waals surface area contributed by atoms with Crippen LogP contribution in [-0.4, -0.2) is 28.8 Å². The van der Waals surface area contributed by atoms with Gasteiger partial charge in [-0.15, -0.1) is 0 Å². The average Bonchev–Trinajstić information content (AvgIpc) is 2.75. The Morgan fingerprint density at radius 3 is 2.27 bits per heavy atom. The third-order valence-corrected chi connectivity index (χ3v) is 5.93. The van der Waals surface area contributed by atoms with Crippen LogP contribution in [0.4, 0.5) is 0 Å². The van der Waals surface area contributed by atoms with Crippen LogP contribution in [0.25, 0.3) is 0 Å². The normalized spacial score (nSPS) is 12.8. The highest BCUT2D eigenvalue weighted by molar-refractivity contribution is 6.42. The fourth-order valence-corrected chi connectivity index (χ4v) is 3.56. The predicted molar refractivity (Wildman–Crippen MR) is 124 cm³/mol. The molecule has 2 aromatic rings. The van der Waals surface area contributed by atoms with Gasteiger partial charge in [0, 0.05) is 19.0 Å². The van der Waals surface area contributed by atoms with Crippen LogP contribution >= 0.6 is 23.2 Å². The van der Waals surface area contributed by atoms with Crippen LogP contribution in [0, 0.1) is 0 Å². The lowest BCUT2D eigenvalue weighted by atomic mass is 10.1. The number of benzene rings is 2. The minimum atomic E-state index is -0.545. The molecule has 2 rings (SSSR count). The van der Waals surface area contributed by atoms with Gasteiger partial charge in [0.2, 0.25) is 11.8 Å². The van der Waals surface area contributed by atoms with Crippen molar-refractivity contribution in [2.24, 2.45) is 0 Å². The number of carbonyl (C=O) groups is 2. The van der Waals surface area contributed by atoms with Crippen molar-refractivity contribution in [1.29, 1.82) is 0 Å². The van der Waals surface area contributed by atoms with E-state index in [0.717, 1.165) is 17.5 Å². The Morgan fingerprint density at radius 2 is 1.67 bits per heavy atom. The van der Waals surface area contributed by atoms with Crippen molar-refractivity contribution in [3.05, 3.63) is 69.7 Å². The topological polar surface area (TPSA) is 49.4 Å². The van der Waals surface area contributed by atoms with Crippen LogP contribution in [0.2, 0.25) is 10.0 Å². The van der Waals surface area contributed by atoms with E-state index in [9.17, 15) is 9.59 Å². The molecule has 0 saturated carbocycles. The van der Waals surface area contributed by atoms with E-state index >= 15 is 0 Å². The van der Waals surface area contributed by atoms with Gasteiger partial charge in [-0.2, -0.15) is 0 Å². The predicted octanol–water partition coefficient (Wildman–Crippen LogP) is 5.65. The quantitative estimate of drug-likeness (QED) is 0.510. The SMILES string of the molecule is CC[C@H](C(=O)N[C@@H](C)CC)N(Cc1ccc(Cl)c(Cl)c1)C(=O)CCc1ccccc1. The molecule has 4 nitrogen and oxygen atoms in total. The molecule has 0 saturated heterocycles.